The number of ether oxygens (including phenoxy) is 1. The topological polar surface area (TPSA) is 67.6 Å². The van der Waals surface area contributed by atoms with E-state index in [0.717, 1.165) is 45.9 Å². The van der Waals surface area contributed by atoms with Gasteiger partial charge in [-0.05, 0) is 79.4 Å². The molecule has 192 valence electrons. The molecule has 0 aliphatic heterocycles. The number of hydrogen-bond donors (Lipinski definition) is 1. The molecule has 8 heteroatoms. The summed E-state index contributed by atoms with van der Waals surface area (Å²) < 4.78 is 8.03. The van der Waals surface area contributed by atoms with Crippen molar-refractivity contribution in [3.05, 3.63) is 104 Å². The lowest BCUT2D eigenvalue weighted by atomic mass is 10.1. The Morgan fingerprint density at radius 3 is 2.41 bits per heavy atom. The predicted octanol–water partition coefficient (Wildman–Crippen LogP) is 7.27. The predicted molar refractivity (Wildman–Crippen MR) is 149 cm³/mol. The number of aromatic carboxylic acids is 1. The van der Waals surface area contributed by atoms with Gasteiger partial charge in [-0.1, -0.05) is 48.3 Å². The minimum absolute atomic E-state index is 0.283. The Hall–Kier alpha value is -3.48. The summed E-state index contributed by atoms with van der Waals surface area (Å²) in [6, 6.07) is 18.4. The van der Waals surface area contributed by atoms with Crippen LogP contribution in [-0.2, 0) is 19.6 Å². The molecule has 0 spiro atoms. The van der Waals surface area contributed by atoms with Crippen molar-refractivity contribution >= 4 is 34.9 Å². The maximum atomic E-state index is 11.3. The number of carbonyl (C=O) groups is 1. The lowest BCUT2D eigenvalue weighted by molar-refractivity contribution is 0.0696. The first-order valence-corrected chi connectivity index (χ1v) is 12.7. The highest BCUT2D eigenvalue weighted by molar-refractivity contribution is 6.37. The minimum atomic E-state index is -0.929. The number of rotatable bonds is 9. The number of aryl methyl sites for hydroxylation is 2. The molecule has 0 radical (unpaired) electrons. The molecule has 1 N–H and O–H groups in total. The van der Waals surface area contributed by atoms with Crippen molar-refractivity contribution in [1.82, 2.24) is 9.78 Å². The maximum absolute atomic E-state index is 11.3. The van der Waals surface area contributed by atoms with Crippen molar-refractivity contribution in [3.63, 3.8) is 0 Å². The van der Waals surface area contributed by atoms with Crippen LogP contribution in [-0.4, -0.2) is 27.9 Å². The molecular weight excluding hydrogens is 509 g/mol. The van der Waals surface area contributed by atoms with Crippen LogP contribution in [0.4, 0.5) is 5.69 Å². The highest BCUT2D eigenvalue weighted by Crippen LogP contribution is 2.32. The van der Waals surface area contributed by atoms with Crippen LogP contribution >= 0.6 is 23.2 Å². The van der Waals surface area contributed by atoms with Crippen LogP contribution in [0.1, 0.15) is 45.4 Å². The summed E-state index contributed by atoms with van der Waals surface area (Å²) in [7, 11) is 1.98. The number of nitrogens with zero attached hydrogens (tertiary/aromatic N) is 3. The summed E-state index contributed by atoms with van der Waals surface area (Å²) in [5.41, 5.74) is 6.86. The second kappa shape index (κ2) is 11.3. The number of hydrogen-bond acceptors (Lipinski definition) is 4. The average molecular weight is 538 g/mol. The van der Waals surface area contributed by atoms with Crippen molar-refractivity contribution in [1.29, 1.82) is 0 Å². The van der Waals surface area contributed by atoms with Gasteiger partial charge in [0.05, 0.1) is 27.0 Å². The summed E-state index contributed by atoms with van der Waals surface area (Å²) >= 11 is 13.0. The Morgan fingerprint density at radius 1 is 1.05 bits per heavy atom. The highest BCUT2D eigenvalue weighted by atomic mass is 35.5. The molecule has 4 rings (SSSR count). The molecule has 3 aromatic carbocycles. The van der Waals surface area contributed by atoms with Crippen molar-refractivity contribution in [2.24, 2.45) is 0 Å². The summed E-state index contributed by atoms with van der Waals surface area (Å²) in [5.74, 6) is -0.193. The molecule has 0 aliphatic rings. The number of benzene rings is 3. The van der Waals surface area contributed by atoms with Gasteiger partial charge in [0, 0.05) is 19.3 Å². The third kappa shape index (κ3) is 5.76. The molecule has 0 amide bonds. The number of carboxylic acid groups (broad SMARTS) is 1. The van der Waals surface area contributed by atoms with Gasteiger partial charge in [0.1, 0.15) is 18.0 Å². The zero-order valence-corrected chi connectivity index (χ0v) is 22.8. The molecule has 37 heavy (non-hydrogen) atoms. The molecule has 0 saturated heterocycles. The van der Waals surface area contributed by atoms with Gasteiger partial charge in [-0.2, -0.15) is 5.10 Å². The molecule has 1 aromatic heterocycles. The molecular formula is C29H29Cl2N3O3. The summed E-state index contributed by atoms with van der Waals surface area (Å²) in [4.78, 5) is 13.4. The number of aromatic nitrogens is 2. The van der Waals surface area contributed by atoms with Crippen LogP contribution in [0.25, 0.3) is 5.69 Å². The summed E-state index contributed by atoms with van der Waals surface area (Å²) in [6.07, 6.45) is 0.804. The summed E-state index contributed by atoms with van der Waals surface area (Å²) in [6.45, 7) is 6.99. The van der Waals surface area contributed by atoms with E-state index >= 15 is 0 Å². The first-order valence-electron chi connectivity index (χ1n) is 12.0. The SMILES string of the molecule is CCc1c(C)nn(-c2c(Cl)cccc2Cl)c1COc1ccc(N(C)Cc2cccc(C(=O)O)c2)c(C)c1. The Kier molecular flexibility index (Phi) is 8.10. The smallest absolute Gasteiger partial charge is 0.335 e. The molecule has 0 fully saturated rings. The molecule has 0 saturated carbocycles. The van der Waals surface area contributed by atoms with Crippen LogP contribution in [0.15, 0.2) is 60.7 Å². The van der Waals surface area contributed by atoms with Gasteiger partial charge in [-0.3, -0.25) is 0 Å². The number of halogens is 2. The van der Waals surface area contributed by atoms with Gasteiger partial charge in [0.2, 0.25) is 0 Å². The fourth-order valence-corrected chi connectivity index (χ4v) is 5.11. The van der Waals surface area contributed by atoms with E-state index in [-0.39, 0.29) is 5.56 Å². The van der Waals surface area contributed by atoms with E-state index in [1.165, 1.54) is 0 Å². The molecule has 1 heterocycles. The van der Waals surface area contributed by atoms with Crippen LogP contribution in [0.2, 0.25) is 10.0 Å². The van der Waals surface area contributed by atoms with E-state index in [1.54, 1.807) is 35.0 Å². The zero-order chi connectivity index (χ0) is 26.7. The van der Waals surface area contributed by atoms with E-state index in [1.807, 2.05) is 51.2 Å². The van der Waals surface area contributed by atoms with Crippen LogP contribution < -0.4 is 9.64 Å². The van der Waals surface area contributed by atoms with Crippen LogP contribution in [0.5, 0.6) is 5.75 Å². The van der Waals surface area contributed by atoms with E-state index in [4.69, 9.17) is 33.0 Å². The maximum Gasteiger partial charge on any atom is 0.335 e. The summed E-state index contributed by atoms with van der Waals surface area (Å²) in [5, 5.41) is 15.0. The first-order chi connectivity index (χ1) is 17.7. The minimum Gasteiger partial charge on any atom is -0.487 e. The third-order valence-corrected chi connectivity index (χ3v) is 6.95. The number of para-hydroxylation sites is 1. The van der Waals surface area contributed by atoms with Gasteiger partial charge in [0.15, 0.2) is 0 Å². The lowest BCUT2D eigenvalue weighted by Gasteiger charge is -2.22. The Bertz CT molecular complexity index is 1430. The standard InChI is InChI=1S/C29H29Cl2N3O3/c1-5-23-19(3)32-34(28-24(30)10-7-11-25(28)31)27(23)17-37-22-12-13-26(18(2)14-22)33(4)16-20-8-6-9-21(15-20)29(35)36/h6-15H,5,16-17H2,1-4H3,(H,35,36). The third-order valence-electron chi connectivity index (χ3n) is 6.34. The van der Waals surface area contributed by atoms with Gasteiger partial charge >= 0.3 is 5.97 Å². The molecule has 6 nitrogen and oxygen atoms in total. The van der Waals surface area contributed by atoms with Gasteiger partial charge < -0.3 is 14.7 Å². The van der Waals surface area contributed by atoms with Gasteiger partial charge in [0.25, 0.3) is 0 Å². The van der Waals surface area contributed by atoms with E-state index in [9.17, 15) is 9.90 Å². The lowest BCUT2D eigenvalue weighted by Crippen LogP contribution is -2.17. The van der Waals surface area contributed by atoms with Gasteiger partial charge in [-0.15, -0.1) is 0 Å². The van der Waals surface area contributed by atoms with Crippen LogP contribution in [0, 0.1) is 13.8 Å². The molecule has 4 aromatic rings. The fourth-order valence-electron chi connectivity index (χ4n) is 4.55. The van der Waals surface area contributed by atoms with E-state index in [2.05, 4.69) is 11.8 Å². The van der Waals surface area contributed by atoms with Crippen LogP contribution in [0.3, 0.4) is 0 Å². The number of carboxylic acids is 1. The van der Waals surface area contributed by atoms with Crippen molar-refractivity contribution < 1.29 is 14.6 Å². The second-order valence-electron chi connectivity index (χ2n) is 8.94. The van der Waals surface area contributed by atoms with Crippen molar-refractivity contribution in [2.75, 3.05) is 11.9 Å². The van der Waals surface area contributed by atoms with E-state index in [0.29, 0.717) is 28.9 Å². The largest absolute Gasteiger partial charge is 0.487 e. The fraction of sp³-hybridized carbons (Fsp3) is 0.241. The Labute approximate surface area is 227 Å². The van der Waals surface area contributed by atoms with E-state index < -0.39 is 5.97 Å². The average Bonchev–Trinajstić information content (AvgIpc) is 3.17. The highest BCUT2D eigenvalue weighted by Gasteiger charge is 2.20. The normalized spacial score (nSPS) is 11.0. The number of anilines is 1. The Morgan fingerprint density at radius 2 is 1.76 bits per heavy atom. The van der Waals surface area contributed by atoms with Crippen molar-refractivity contribution in [2.45, 2.75) is 40.3 Å². The van der Waals surface area contributed by atoms with Gasteiger partial charge in [-0.25, -0.2) is 9.48 Å². The monoisotopic (exact) mass is 537 g/mol. The molecule has 0 aliphatic carbocycles. The Balaban J connectivity index is 1.54. The molecule has 0 atom stereocenters. The zero-order valence-electron chi connectivity index (χ0n) is 21.3. The molecule has 0 bridgehead atoms. The second-order valence-corrected chi connectivity index (χ2v) is 9.76. The van der Waals surface area contributed by atoms with Crippen molar-refractivity contribution in [3.8, 4) is 11.4 Å². The first kappa shape index (κ1) is 26.6. The quantitative estimate of drug-likeness (QED) is 0.243. The molecule has 0 unspecified atom stereocenters.